The molecule has 13 rings (SSSR count). The molecular weight excluding hydrogens is 681 g/mol. The molecule has 0 saturated heterocycles. The highest BCUT2D eigenvalue weighted by Crippen LogP contribution is 2.49. The van der Waals surface area contributed by atoms with E-state index < -0.39 is 0 Å². The minimum absolute atomic E-state index is 0.899. The first-order chi connectivity index (χ1) is 27.8. The maximum Gasteiger partial charge on any atom is 0.143 e. The second-order valence-corrected chi connectivity index (χ2v) is 15.1. The highest BCUT2D eigenvalue weighted by atomic mass is 16.3. The Bertz CT molecular complexity index is 3590. The van der Waals surface area contributed by atoms with Gasteiger partial charge >= 0.3 is 0 Å². The van der Waals surface area contributed by atoms with Gasteiger partial charge in [0.05, 0.1) is 0 Å². The molecule has 0 fully saturated rings. The Morgan fingerprint density at radius 2 is 0.696 bits per heavy atom. The van der Waals surface area contributed by atoms with Crippen LogP contribution in [0.5, 0.6) is 0 Å². The highest BCUT2D eigenvalue weighted by Gasteiger charge is 2.22. The number of hydrogen-bond acceptors (Lipinski definition) is 2. The fraction of sp³-hybridized carbons (Fsp3) is 0. The van der Waals surface area contributed by atoms with Gasteiger partial charge in [-0.15, -0.1) is 0 Å². The van der Waals surface area contributed by atoms with Gasteiger partial charge < -0.3 is 8.83 Å². The predicted molar refractivity (Wildman–Crippen MR) is 236 cm³/mol. The second kappa shape index (κ2) is 11.1. The van der Waals surface area contributed by atoms with Crippen molar-refractivity contribution in [2.24, 2.45) is 0 Å². The van der Waals surface area contributed by atoms with Crippen LogP contribution in [0.3, 0.4) is 0 Å². The van der Waals surface area contributed by atoms with Gasteiger partial charge in [-0.2, -0.15) is 0 Å². The number of fused-ring (bicyclic) bond motifs is 8. The third kappa shape index (κ3) is 4.00. The van der Waals surface area contributed by atoms with E-state index in [9.17, 15) is 0 Å². The molecule has 56 heavy (non-hydrogen) atoms. The zero-order chi connectivity index (χ0) is 36.5. The average Bonchev–Trinajstić information content (AvgIpc) is 3.83. The summed E-state index contributed by atoms with van der Waals surface area (Å²) in [5, 5.41) is 16.9. The van der Waals surface area contributed by atoms with Crippen molar-refractivity contribution in [3.8, 4) is 33.4 Å². The maximum atomic E-state index is 6.68. The molecule has 0 atom stereocenters. The summed E-state index contributed by atoms with van der Waals surface area (Å²) in [5.41, 5.74) is 10.5. The summed E-state index contributed by atoms with van der Waals surface area (Å²) < 4.78 is 13.4. The van der Waals surface area contributed by atoms with Gasteiger partial charge in [-0.25, -0.2) is 0 Å². The van der Waals surface area contributed by atoms with Crippen LogP contribution in [0.4, 0.5) is 0 Å². The summed E-state index contributed by atoms with van der Waals surface area (Å²) >= 11 is 0. The van der Waals surface area contributed by atoms with Crippen LogP contribution < -0.4 is 0 Å². The van der Waals surface area contributed by atoms with Crippen molar-refractivity contribution < 1.29 is 8.83 Å². The first kappa shape index (κ1) is 30.0. The van der Waals surface area contributed by atoms with Gasteiger partial charge in [-0.1, -0.05) is 158 Å². The molecule has 0 unspecified atom stereocenters. The summed E-state index contributed by atoms with van der Waals surface area (Å²) in [5.74, 6) is 0. The minimum Gasteiger partial charge on any atom is -0.455 e. The van der Waals surface area contributed by atoms with Gasteiger partial charge in [-0.05, 0) is 100 Å². The maximum absolute atomic E-state index is 6.68. The second-order valence-electron chi connectivity index (χ2n) is 15.1. The van der Waals surface area contributed by atoms with Crippen molar-refractivity contribution in [3.05, 3.63) is 182 Å². The van der Waals surface area contributed by atoms with Gasteiger partial charge in [0.2, 0.25) is 0 Å². The normalized spacial score (nSPS) is 12.3. The molecule has 0 radical (unpaired) electrons. The fourth-order valence-electron chi connectivity index (χ4n) is 9.81. The largest absolute Gasteiger partial charge is 0.455 e. The van der Waals surface area contributed by atoms with E-state index in [2.05, 4.69) is 170 Å². The number of furan rings is 2. The molecule has 0 aliphatic carbocycles. The monoisotopic (exact) mass is 710 g/mol. The van der Waals surface area contributed by atoms with E-state index in [1.165, 1.54) is 65.0 Å². The van der Waals surface area contributed by atoms with E-state index in [0.29, 0.717) is 0 Å². The Kier molecular flexibility index (Phi) is 5.92. The zero-order valence-corrected chi connectivity index (χ0v) is 30.1. The van der Waals surface area contributed by atoms with Crippen LogP contribution in [-0.4, -0.2) is 0 Å². The van der Waals surface area contributed by atoms with Crippen LogP contribution >= 0.6 is 0 Å². The third-order valence-electron chi connectivity index (χ3n) is 12.2. The Hall–Kier alpha value is -7.42. The predicted octanol–water partition coefficient (Wildman–Crippen LogP) is 15.7. The fourth-order valence-corrected chi connectivity index (χ4v) is 9.81. The SMILES string of the molecule is c1cc2ccc3cccc4c(-c5c6cccc(-c7cccc8c7oc7ccccc78)c6cc6c(-c7cccc8c7oc7ccccc78)cccc56)cc(c1)c2c34. The molecule has 0 aliphatic heterocycles. The molecule has 2 heterocycles. The summed E-state index contributed by atoms with van der Waals surface area (Å²) in [6, 6.07) is 66.2. The van der Waals surface area contributed by atoms with Gasteiger partial charge in [0.25, 0.3) is 0 Å². The van der Waals surface area contributed by atoms with E-state index in [4.69, 9.17) is 8.83 Å². The van der Waals surface area contributed by atoms with E-state index >= 15 is 0 Å². The van der Waals surface area contributed by atoms with Crippen LogP contribution in [-0.2, 0) is 0 Å². The lowest BCUT2D eigenvalue weighted by Gasteiger charge is -2.20. The van der Waals surface area contributed by atoms with Crippen molar-refractivity contribution in [1.82, 2.24) is 0 Å². The molecule has 258 valence electrons. The Morgan fingerprint density at radius 1 is 0.250 bits per heavy atom. The standard InChI is InChI=1S/C54H30O2/c1-3-25-48-36(14-1)43-23-9-21-41(53(43)55-48)34-16-7-19-38-45(34)30-46-35(42-22-10-24-44-37-15-2-4-26-49(37)56-54(42)44)17-8-20-39(46)52(38)47-29-33-13-5-11-31-27-28-32-12-6-18-40(47)51(32)50(31)33/h1-30H. The summed E-state index contributed by atoms with van der Waals surface area (Å²) in [7, 11) is 0. The molecule has 2 nitrogen and oxygen atoms in total. The Labute approximate surface area is 320 Å². The van der Waals surface area contributed by atoms with Crippen LogP contribution in [0.1, 0.15) is 0 Å². The first-order valence-corrected chi connectivity index (χ1v) is 19.3. The zero-order valence-electron chi connectivity index (χ0n) is 30.1. The van der Waals surface area contributed by atoms with Crippen LogP contribution in [0.25, 0.3) is 131 Å². The molecule has 0 bridgehead atoms. The van der Waals surface area contributed by atoms with Gasteiger partial charge in [0.15, 0.2) is 0 Å². The van der Waals surface area contributed by atoms with Crippen molar-refractivity contribution in [2.45, 2.75) is 0 Å². The molecule has 0 amide bonds. The smallest absolute Gasteiger partial charge is 0.143 e. The molecule has 2 aromatic heterocycles. The van der Waals surface area contributed by atoms with Crippen LogP contribution in [0.2, 0.25) is 0 Å². The van der Waals surface area contributed by atoms with E-state index in [0.717, 1.165) is 66.1 Å². The highest BCUT2D eigenvalue weighted by molar-refractivity contribution is 6.30. The molecule has 2 heteroatoms. The van der Waals surface area contributed by atoms with E-state index in [1.54, 1.807) is 0 Å². The molecule has 0 spiro atoms. The summed E-state index contributed by atoms with van der Waals surface area (Å²) in [6.45, 7) is 0. The van der Waals surface area contributed by atoms with Crippen LogP contribution in [0, 0.1) is 0 Å². The van der Waals surface area contributed by atoms with Crippen molar-refractivity contribution in [1.29, 1.82) is 0 Å². The Morgan fingerprint density at radius 3 is 1.30 bits per heavy atom. The van der Waals surface area contributed by atoms with Gasteiger partial charge in [0.1, 0.15) is 22.3 Å². The van der Waals surface area contributed by atoms with E-state index in [-0.39, 0.29) is 0 Å². The topological polar surface area (TPSA) is 26.3 Å². The average molecular weight is 711 g/mol. The lowest BCUT2D eigenvalue weighted by molar-refractivity contribution is 0.669. The number of hydrogen-bond donors (Lipinski definition) is 0. The van der Waals surface area contributed by atoms with Gasteiger partial charge in [0, 0.05) is 32.7 Å². The number of rotatable bonds is 3. The first-order valence-electron chi connectivity index (χ1n) is 19.3. The minimum atomic E-state index is 0.899. The molecule has 0 N–H and O–H groups in total. The molecular formula is C54H30O2. The lowest BCUT2D eigenvalue weighted by Crippen LogP contribution is -1.93. The van der Waals surface area contributed by atoms with E-state index in [1.807, 2.05) is 12.1 Å². The third-order valence-corrected chi connectivity index (χ3v) is 12.2. The van der Waals surface area contributed by atoms with Crippen LogP contribution in [0.15, 0.2) is 191 Å². The molecule has 0 aliphatic rings. The molecule has 13 aromatic rings. The summed E-state index contributed by atoms with van der Waals surface area (Å²) in [6.07, 6.45) is 0. The van der Waals surface area contributed by atoms with Gasteiger partial charge in [-0.3, -0.25) is 0 Å². The number of benzene rings is 11. The lowest BCUT2D eigenvalue weighted by atomic mass is 9.83. The molecule has 11 aromatic carbocycles. The molecule has 0 saturated carbocycles. The van der Waals surface area contributed by atoms with Crippen molar-refractivity contribution >= 4 is 97.7 Å². The van der Waals surface area contributed by atoms with Crippen molar-refractivity contribution in [3.63, 3.8) is 0 Å². The quantitative estimate of drug-likeness (QED) is 0.135. The number of para-hydroxylation sites is 4. The summed E-state index contributed by atoms with van der Waals surface area (Å²) in [4.78, 5) is 0. The van der Waals surface area contributed by atoms with Crippen molar-refractivity contribution in [2.75, 3.05) is 0 Å². The Balaban J connectivity index is 1.21.